The summed E-state index contributed by atoms with van der Waals surface area (Å²) >= 11 is 0. The molecule has 3 nitrogen and oxygen atoms in total. The number of piperidine rings is 1. The molecular formula is C14H21F2N3. The maximum atomic E-state index is 13.9. The number of anilines is 1. The van der Waals surface area contributed by atoms with Gasteiger partial charge in [-0.1, -0.05) is 6.92 Å². The average Bonchev–Trinajstić information content (AvgIpc) is 2.39. The number of aromatic nitrogens is 1. The zero-order valence-electron chi connectivity index (χ0n) is 11.5. The highest BCUT2D eigenvalue weighted by Crippen LogP contribution is 2.27. The Morgan fingerprint density at radius 2 is 2.26 bits per heavy atom. The van der Waals surface area contributed by atoms with Crippen LogP contribution in [0.15, 0.2) is 12.3 Å². The Morgan fingerprint density at radius 3 is 2.95 bits per heavy atom. The summed E-state index contributed by atoms with van der Waals surface area (Å²) in [6.45, 7) is 5.81. The van der Waals surface area contributed by atoms with Crippen LogP contribution in [0.4, 0.5) is 14.6 Å². The third-order valence-electron chi connectivity index (χ3n) is 3.71. The summed E-state index contributed by atoms with van der Waals surface area (Å²) in [6.07, 6.45) is 4.25. The van der Waals surface area contributed by atoms with E-state index in [0.29, 0.717) is 0 Å². The van der Waals surface area contributed by atoms with Gasteiger partial charge in [-0.2, -0.15) is 0 Å². The van der Waals surface area contributed by atoms with Crippen LogP contribution >= 0.6 is 0 Å². The molecule has 0 spiro atoms. The number of rotatable bonds is 4. The summed E-state index contributed by atoms with van der Waals surface area (Å²) in [5.41, 5.74) is 0. The Hall–Kier alpha value is -1.23. The van der Waals surface area contributed by atoms with Gasteiger partial charge < -0.3 is 10.2 Å². The first-order chi connectivity index (χ1) is 9.13. The SMILES string of the molecule is CCNC(C)C1CCCCN1c1ncc(F)cc1F. The second-order valence-electron chi connectivity index (χ2n) is 5.06. The standard InChI is InChI=1S/C14H21F2N3/c1-3-17-10(2)13-6-4-5-7-19(13)14-12(16)8-11(15)9-18-14/h8-10,13,17H,3-7H2,1-2H3. The lowest BCUT2D eigenvalue weighted by atomic mass is 9.96. The lowest BCUT2D eigenvalue weighted by molar-refractivity contribution is 0.366. The Kier molecular flexibility index (Phi) is 4.69. The van der Waals surface area contributed by atoms with E-state index in [4.69, 9.17) is 0 Å². The van der Waals surface area contributed by atoms with E-state index < -0.39 is 11.6 Å². The molecule has 2 rings (SSSR count). The van der Waals surface area contributed by atoms with E-state index in [9.17, 15) is 8.78 Å². The fraction of sp³-hybridized carbons (Fsp3) is 0.643. The molecule has 1 aliphatic rings. The predicted molar refractivity (Wildman–Crippen MR) is 72.3 cm³/mol. The van der Waals surface area contributed by atoms with Gasteiger partial charge in [-0.25, -0.2) is 13.8 Å². The lowest BCUT2D eigenvalue weighted by Crippen LogP contribution is -2.51. The van der Waals surface area contributed by atoms with Crippen LogP contribution in [0.5, 0.6) is 0 Å². The fourth-order valence-corrected chi connectivity index (χ4v) is 2.82. The van der Waals surface area contributed by atoms with Crippen LogP contribution in [0.25, 0.3) is 0 Å². The van der Waals surface area contributed by atoms with Crippen molar-refractivity contribution in [3.63, 3.8) is 0 Å². The van der Waals surface area contributed by atoms with Gasteiger partial charge in [-0.05, 0) is 32.7 Å². The average molecular weight is 269 g/mol. The molecule has 2 unspecified atom stereocenters. The summed E-state index contributed by atoms with van der Waals surface area (Å²) in [6, 6.07) is 1.38. The highest BCUT2D eigenvalue weighted by molar-refractivity contribution is 5.42. The molecule has 106 valence electrons. The second kappa shape index (κ2) is 6.28. The van der Waals surface area contributed by atoms with Crippen molar-refractivity contribution in [2.75, 3.05) is 18.0 Å². The summed E-state index contributed by atoms with van der Waals surface area (Å²) in [7, 11) is 0. The van der Waals surface area contributed by atoms with Crippen molar-refractivity contribution in [3.8, 4) is 0 Å². The number of likely N-dealkylation sites (N-methyl/N-ethyl adjacent to an activating group) is 1. The van der Waals surface area contributed by atoms with Crippen LogP contribution in [0.3, 0.4) is 0 Å². The molecule has 5 heteroatoms. The van der Waals surface area contributed by atoms with Gasteiger partial charge in [0, 0.05) is 24.7 Å². The molecule has 1 aliphatic heterocycles. The number of halogens is 2. The third kappa shape index (κ3) is 3.21. The largest absolute Gasteiger partial charge is 0.350 e. The van der Waals surface area contributed by atoms with Crippen LogP contribution in [0.2, 0.25) is 0 Å². The molecule has 2 atom stereocenters. The molecule has 0 aromatic carbocycles. The van der Waals surface area contributed by atoms with Gasteiger partial charge in [0.05, 0.1) is 6.20 Å². The molecule has 1 N–H and O–H groups in total. The first-order valence-corrected chi connectivity index (χ1v) is 6.94. The van der Waals surface area contributed by atoms with E-state index in [-0.39, 0.29) is 17.9 Å². The summed E-state index contributed by atoms with van der Waals surface area (Å²) in [4.78, 5) is 5.92. The van der Waals surface area contributed by atoms with E-state index in [0.717, 1.165) is 44.6 Å². The van der Waals surface area contributed by atoms with Crippen molar-refractivity contribution >= 4 is 5.82 Å². The monoisotopic (exact) mass is 269 g/mol. The predicted octanol–water partition coefficient (Wildman–Crippen LogP) is 2.72. The smallest absolute Gasteiger partial charge is 0.168 e. The minimum absolute atomic E-state index is 0.209. The molecule has 0 aliphatic carbocycles. The van der Waals surface area contributed by atoms with Crippen molar-refractivity contribution in [3.05, 3.63) is 23.9 Å². The van der Waals surface area contributed by atoms with Crippen molar-refractivity contribution in [2.24, 2.45) is 0 Å². The minimum atomic E-state index is -0.630. The van der Waals surface area contributed by atoms with Crippen molar-refractivity contribution in [2.45, 2.75) is 45.2 Å². The number of hydrogen-bond donors (Lipinski definition) is 1. The van der Waals surface area contributed by atoms with Crippen molar-refractivity contribution in [1.29, 1.82) is 0 Å². The summed E-state index contributed by atoms with van der Waals surface area (Å²) < 4.78 is 26.9. The lowest BCUT2D eigenvalue weighted by Gasteiger charge is -2.40. The molecule has 2 heterocycles. The summed E-state index contributed by atoms with van der Waals surface area (Å²) in [5, 5.41) is 3.38. The quantitative estimate of drug-likeness (QED) is 0.911. The third-order valence-corrected chi connectivity index (χ3v) is 3.71. The highest BCUT2D eigenvalue weighted by Gasteiger charge is 2.29. The zero-order valence-corrected chi connectivity index (χ0v) is 11.5. The molecule has 1 aromatic heterocycles. The Bertz CT molecular complexity index is 425. The molecule has 0 saturated carbocycles. The Labute approximate surface area is 113 Å². The van der Waals surface area contributed by atoms with Gasteiger partial charge in [-0.3, -0.25) is 0 Å². The molecule has 1 fully saturated rings. The zero-order chi connectivity index (χ0) is 13.8. The second-order valence-corrected chi connectivity index (χ2v) is 5.06. The normalized spacial score (nSPS) is 21.5. The van der Waals surface area contributed by atoms with Gasteiger partial charge in [-0.15, -0.1) is 0 Å². The fourth-order valence-electron chi connectivity index (χ4n) is 2.82. The molecule has 19 heavy (non-hydrogen) atoms. The van der Waals surface area contributed by atoms with Gasteiger partial charge in [0.25, 0.3) is 0 Å². The van der Waals surface area contributed by atoms with Crippen LogP contribution < -0.4 is 10.2 Å². The van der Waals surface area contributed by atoms with Gasteiger partial charge in [0.15, 0.2) is 11.6 Å². The number of hydrogen-bond acceptors (Lipinski definition) is 3. The Balaban J connectivity index is 2.23. The molecule has 1 saturated heterocycles. The highest BCUT2D eigenvalue weighted by atomic mass is 19.1. The van der Waals surface area contributed by atoms with Crippen molar-refractivity contribution < 1.29 is 8.78 Å². The first-order valence-electron chi connectivity index (χ1n) is 6.94. The van der Waals surface area contributed by atoms with Gasteiger partial charge in [0.2, 0.25) is 0 Å². The van der Waals surface area contributed by atoms with E-state index in [1.807, 2.05) is 4.90 Å². The topological polar surface area (TPSA) is 28.2 Å². The maximum Gasteiger partial charge on any atom is 0.168 e. The molecule has 1 aromatic rings. The van der Waals surface area contributed by atoms with E-state index in [1.165, 1.54) is 0 Å². The summed E-state index contributed by atoms with van der Waals surface area (Å²) in [5.74, 6) is -0.930. The first kappa shape index (κ1) is 14.2. The molecular weight excluding hydrogens is 248 g/mol. The minimum Gasteiger partial charge on any atom is -0.350 e. The van der Waals surface area contributed by atoms with Crippen LogP contribution in [-0.4, -0.2) is 30.2 Å². The van der Waals surface area contributed by atoms with Crippen LogP contribution in [0, 0.1) is 11.6 Å². The van der Waals surface area contributed by atoms with Crippen LogP contribution in [0.1, 0.15) is 33.1 Å². The molecule has 0 bridgehead atoms. The van der Waals surface area contributed by atoms with E-state index in [1.54, 1.807) is 0 Å². The number of pyridine rings is 1. The van der Waals surface area contributed by atoms with Crippen molar-refractivity contribution in [1.82, 2.24) is 10.3 Å². The molecule has 0 amide bonds. The Morgan fingerprint density at radius 1 is 1.47 bits per heavy atom. The maximum absolute atomic E-state index is 13.9. The molecule has 0 radical (unpaired) electrons. The van der Waals surface area contributed by atoms with Gasteiger partial charge >= 0.3 is 0 Å². The number of nitrogens with one attached hydrogen (secondary N) is 1. The van der Waals surface area contributed by atoms with Crippen LogP contribution in [-0.2, 0) is 0 Å². The van der Waals surface area contributed by atoms with E-state index in [2.05, 4.69) is 24.1 Å². The van der Waals surface area contributed by atoms with E-state index >= 15 is 0 Å². The van der Waals surface area contributed by atoms with Gasteiger partial charge in [0.1, 0.15) is 5.82 Å². The number of nitrogens with zero attached hydrogens (tertiary/aromatic N) is 2.